The Balaban J connectivity index is 1.74. The molecular formula is C26H28N4O. The molecule has 0 aliphatic carbocycles. The van der Waals surface area contributed by atoms with Crippen molar-refractivity contribution in [2.75, 3.05) is 0 Å². The molecular weight excluding hydrogens is 384 g/mol. The highest BCUT2D eigenvalue weighted by molar-refractivity contribution is 5.95. The number of amides is 1. The van der Waals surface area contributed by atoms with Crippen molar-refractivity contribution in [3.05, 3.63) is 101 Å². The lowest BCUT2D eigenvalue weighted by Gasteiger charge is -2.21. The predicted octanol–water partition coefficient (Wildman–Crippen LogP) is 5.11. The molecule has 0 saturated carbocycles. The molecule has 0 radical (unpaired) electrons. The largest absolute Gasteiger partial charge is 0.341 e. The topological polar surface area (TPSA) is 59.3 Å². The fourth-order valence-corrected chi connectivity index (χ4v) is 3.74. The Morgan fingerprint density at radius 3 is 2.10 bits per heavy atom. The number of hydrogen-bond acceptors (Lipinski definition) is 3. The number of rotatable bonds is 5. The monoisotopic (exact) mass is 412 g/mol. The molecule has 0 saturated heterocycles. The number of aromatic nitrogens is 3. The van der Waals surface area contributed by atoms with Gasteiger partial charge in [0.05, 0.1) is 23.0 Å². The second-order valence-electron chi connectivity index (χ2n) is 8.75. The molecule has 1 amide bonds. The van der Waals surface area contributed by atoms with E-state index >= 15 is 0 Å². The van der Waals surface area contributed by atoms with Gasteiger partial charge in [0.15, 0.2) is 5.65 Å². The molecule has 2 heterocycles. The summed E-state index contributed by atoms with van der Waals surface area (Å²) in [6.45, 7) is 8.41. The number of fused-ring (bicyclic) bond motifs is 1. The molecule has 0 unspecified atom stereocenters. The summed E-state index contributed by atoms with van der Waals surface area (Å²) in [6, 6.07) is 21.8. The van der Waals surface area contributed by atoms with Crippen molar-refractivity contribution in [2.24, 2.45) is 0 Å². The molecule has 0 atom stereocenters. The van der Waals surface area contributed by atoms with Crippen molar-refractivity contribution in [3.63, 3.8) is 0 Å². The minimum atomic E-state index is -0.252. The van der Waals surface area contributed by atoms with Crippen molar-refractivity contribution in [1.82, 2.24) is 19.9 Å². The van der Waals surface area contributed by atoms with Gasteiger partial charge in [-0.25, -0.2) is 9.50 Å². The number of carbonyl (C=O) groups excluding carboxylic acids is 1. The first-order valence-electron chi connectivity index (χ1n) is 10.7. The molecule has 2 aromatic heterocycles. The number of aryl methyl sites for hydroxylation is 1. The van der Waals surface area contributed by atoms with Crippen LogP contribution in [0.2, 0.25) is 0 Å². The van der Waals surface area contributed by atoms with Gasteiger partial charge in [-0.2, -0.15) is 5.10 Å². The van der Waals surface area contributed by atoms with Gasteiger partial charge in [-0.05, 0) is 17.5 Å². The van der Waals surface area contributed by atoms with Crippen LogP contribution in [0.4, 0.5) is 0 Å². The highest BCUT2D eigenvalue weighted by Gasteiger charge is 2.23. The Labute approximate surface area is 183 Å². The molecule has 0 fully saturated rings. The first kappa shape index (κ1) is 20.8. The lowest BCUT2D eigenvalue weighted by Crippen LogP contribution is -2.30. The third kappa shape index (κ3) is 4.22. The second kappa shape index (κ2) is 8.34. The molecule has 0 spiro atoms. The molecule has 5 heteroatoms. The normalized spacial score (nSPS) is 11.8. The fourth-order valence-electron chi connectivity index (χ4n) is 3.74. The SMILES string of the molecule is CCc1c(C(=O)NC(c2ccccc2)c2ccccc2)cnc2cc(C(C)(C)C)nn12. The minimum Gasteiger partial charge on any atom is -0.341 e. The van der Waals surface area contributed by atoms with Crippen molar-refractivity contribution in [2.45, 2.75) is 45.6 Å². The summed E-state index contributed by atoms with van der Waals surface area (Å²) in [5.74, 6) is -0.156. The van der Waals surface area contributed by atoms with E-state index in [4.69, 9.17) is 5.10 Å². The molecule has 5 nitrogen and oxygen atoms in total. The van der Waals surface area contributed by atoms with Crippen molar-refractivity contribution in [3.8, 4) is 0 Å². The van der Waals surface area contributed by atoms with Crippen LogP contribution in [-0.4, -0.2) is 20.5 Å². The Kier molecular flexibility index (Phi) is 5.59. The van der Waals surface area contributed by atoms with Gasteiger partial charge in [-0.15, -0.1) is 0 Å². The Bertz CT molecular complexity index is 1150. The first-order chi connectivity index (χ1) is 14.9. The van der Waals surface area contributed by atoms with E-state index in [1.165, 1.54) is 0 Å². The molecule has 0 aliphatic rings. The number of nitrogens with one attached hydrogen (secondary N) is 1. The predicted molar refractivity (Wildman–Crippen MR) is 123 cm³/mol. The zero-order chi connectivity index (χ0) is 22.0. The summed E-state index contributed by atoms with van der Waals surface area (Å²) in [7, 11) is 0. The zero-order valence-corrected chi connectivity index (χ0v) is 18.5. The molecule has 4 rings (SSSR count). The first-order valence-corrected chi connectivity index (χ1v) is 10.7. The van der Waals surface area contributed by atoms with Crippen LogP contribution < -0.4 is 5.32 Å². The highest BCUT2D eigenvalue weighted by atomic mass is 16.1. The molecule has 158 valence electrons. The van der Waals surface area contributed by atoms with E-state index in [-0.39, 0.29) is 17.4 Å². The third-order valence-corrected chi connectivity index (χ3v) is 5.47. The second-order valence-corrected chi connectivity index (χ2v) is 8.75. The van der Waals surface area contributed by atoms with Crippen molar-refractivity contribution < 1.29 is 4.79 Å². The van der Waals surface area contributed by atoms with E-state index in [1.807, 2.05) is 78.2 Å². The quantitative estimate of drug-likeness (QED) is 0.496. The van der Waals surface area contributed by atoms with Crippen LogP contribution >= 0.6 is 0 Å². The van der Waals surface area contributed by atoms with Crippen molar-refractivity contribution in [1.29, 1.82) is 0 Å². The maximum Gasteiger partial charge on any atom is 0.255 e. The van der Waals surface area contributed by atoms with Gasteiger partial charge >= 0.3 is 0 Å². The van der Waals surface area contributed by atoms with Gasteiger partial charge in [-0.1, -0.05) is 88.4 Å². The Hall–Kier alpha value is -3.47. The fraction of sp³-hybridized carbons (Fsp3) is 0.269. The average Bonchev–Trinajstić information content (AvgIpc) is 3.23. The van der Waals surface area contributed by atoms with E-state index in [0.29, 0.717) is 12.0 Å². The van der Waals surface area contributed by atoms with E-state index < -0.39 is 0 Å². The molecule has 0 bridgehead atoms. The van der Waals surface area contributed by atoms with E-state index in [2.05, 4.69) is 31.1 Å². The summed E-state index contributed by atoms with van der Waals surface area (Å²) in [5.41, 5.74) is 5.10. The van der Waals surface area contributed by atoms with E-state index in [9.17, 15) is 4.79 Å². The van der Waals surface area contributed by atoms with Crippen LogP contribution in [0.15, 0.2) is 72.9 Å². The Morgan fingerprint density at radius 1 is 1.00 bits per heavy atom. The number of nitrogens with zero attached hydrogens (tertiary/aromatic N) is 3. The molecule has 4 aromatic rings. The molecule has 31 heavy (non-hydrogen) atoms. The minimum absolute atomic E-state index is 0.0904. The smallest absolute Gasteiger partial charge is 0.255 e. The van der Waals surface area contributed by atoms with E-state index in [1.54, 1.807) is 6.20 Å². The van der Waals surface area contributed by atoms with Gasteiger partial charge < -0.3 is 5.32 Å². The van der Waals surface area contributed by atoms with Crippen LogP contribution in [0, 0.1) is 0 Å². The summed E-state index contributed by atoms with van der Waals surface area (Å²) >= 11 is 0. The standard InChI is InChI=1S/C26H28N4O/c1-5-21-20(17-27-23-16-22(26(2,3)4)29-30(21)23)25(31)28-24(18-12-8-6-9-13-18)19-14-10-7-11-15-19/h6-17,24H,5H2,1-4H3,(H,28,31). The van der Waals surface area contributed by atoms with Gasteiger partial charge in [0.2, 0.25) is 0 Å². The van der Waals surface area contributed by atoms with Crippen LogP contribution in [0.5, 0.6) is 0 Å². The average molecular weight is 413 g/mol. The number of carbonyl (C=O) groups is 1. The van der Waals surface area contributed by atoms with Crippen LogP contribution in [0.3, 0.4) is 0 Å². The maximum atomic E-state index is 13.4. The lowest BCUT2D eigenvalue weighted by atomic mass is 9.93. The van der Waals surface area contributed by atoms with Crippen molar-refractivity contribution >= 4 is 11.6 Å². The van der Waals surface area contributed by atoms with Crippen LogP contribution in [-0.2, 0) is 11.8 Å². The third-order valence-electron chi connectivity index (χ3n) is 5.47. The highest BCUT2D eigenvalue weighted by Crippen LogP contribution is 2.25. The summed E-state index contributed by atoms with van der Waals surface area (Å²) in [5, 5.41) is 7.99. The lowest BCUT2D eigenvalue weighted by molar-refractivity contribution is 0.0941. The summed E-state index contributed by atoms with van der Waals surface area (Å²) < 4.78 is 1.82. The molecule has 1 N–H and O–H groups in total. The van der Waals surface area contributed by atoms with Crippen LogP contribution in [0.25, 0.3) is 5.65 Å². The van der Waals surface area contributed by atoms with Crippen LogP contribution in [0.1, 0.15) is 66.6 Å². The Morgan fingerprint density at radius 2 is 1.58 bits per heavy atom. The summed E-state index contributed by atoms with van der Waals surface area (Å²) in [4.78, 5) is 18.0. The zero-order valence-electron chi connectivity index (χ0n) is 18.5. The summed E-state index contributed by atoms with van der Waals surface area (Å²) in [6.07, 6.45) is 2.35. The van der Waals surface area contributed by atoms with Gasteiger partial charge in [0.25, 0.3) is 5.91 Å². The molecule has 2 aromatic carbocycles. The van der Waals surface area contributed by atoms with Gasteiger partial charge in [0.1, 0.15) is 0 Å². The molecule has 0 aliphatic heterocycles. The number of benzene rings is 2. The van der Waals surface area contributed by atoms with E-state index in [0.717, 1.165) is 28.2 Å². The van der Waals surface area contributed by atoms with Gasteiger partial charge in [-0.3, -0.25) is 4.79 Å². The van der Waals surface area contributed by atoms with Gasteiger partial charge in [0, 0.05) is 17.7 Å². The number of hydrogen-bond donors (Lipinski definition) is 1. The maximum absolute atomic E-state index is 13.4.